The van der Waals surface area contributed by atoms with Crippen LogP contribution in [0.25, 0.3) is 9.40 Å². The molecule has 0 spiro atoms. The highest BCUT2D eigenvalue weighted by atomic mass is 32.1. The van der Waals surface area contributed by atoms with Gasteiger partial charge in [-0.15, -0.1) is 22.7 Å². The maximum atomic E-state index is 3.45. The Morgan fingerprint density at radius 2 is 2.29 bits per heavy atom. The third-order valence-corrected chi connectivity index (χ3v) is 5.05. The average molecular weight is 223 g/mol. The summed E-state index contributed by atoms with van der Waals surface area (Å²) in [6, 6.07) is 5.21. The number of fused-ring (bicyclic) bond motifs is 1. The van der Waals surface area contributed by atoms with Crippen LogP contribution in [0.2, 0.25) is 0 Å². The van der Waals surface area contributed by atoms with E-state index >= 15 is 0 Å². The summed E-state index contributed by atoms with van der Waals surface area (Å²) in [6.07, 6.45) is 2.80. The van der Waals surface area contributed by atoms with Crippen LogP contribution in [0, 0.1) is 5.92 Å². The lowest BCUT2D eigenvalue weighted by Gasteiger charge is -2.12. The fourth-order valence-corrected chi connectivity index (χ4v) is 4.30. The molecule has 1 saturated carbocycles. The highest BCUT2D eigenvalue weighted by molar-refractivity contribution is 7.26. The summed E-state index contributed by atoms with van der Waals surface area (Å²) in [5.74, 6) is 0.896. The van der Waals surface area contributed by atoms with Gasteiger partial charge < -0.3 is 5.32 Å². The first-order chi connectivity index (χ1) is 6.88. The highest BCUT2D eigenvalue weighted by Gasteiger charge is 2.32. The van der Waals surface area contributed by atoms with E-state index in [0.29, 0.717) is 6.04 Å². The summed E-state index contributed by atoms with van der Waals surface area (Å²) < 4.78 is 2.90. The molecule has 1 fully saturated rings. The number of thiophene rings is 2. The van der Waals surface area contributed by atoms with Gasteiger partial charge in [-0.3, -0.25) is 0 Å². The van der Waals surface area contributed by atoms with Crippen molar-refractivity contribution in [3.05, 3.63) is 22.4 Å². The lowest BCUT2D eigenvalue weighted by molar-refractivity contribution is 0.538. The van der Waals surface area contributed by atoms with Crippen LogP contribution >= 0.6 is 22.7 Å². The first kappa shape index (κ1) is 8.89. The molecular formula is C11H13NS2. The van der Waals surface area contributed by atoms with Crippen LogP contribution in [0.1, 0.15) is 23.8 Å². The van der Waals surface area contributed by atoms with Crippen molar-refractivity contribution < 1.29 is 0 Å². The molecule has 1 aliphatic rings. The number of hydrogen-bond donors (Lipinski definition) is 1. The van der Waals surface area contributed by atoms with Gasteiger partial charge in [0.15, 0.2) is 0 Å². The van der Waals surface area contributed by atoms with Crippen molar-refractivity contribution in [3.8, 4) is 0 Å². The summed E-state index contributed by atoms with van der Waals surface area (Å²) in [5.41, 5.74) is 0. The minimum Gasteiger partial charge on any atom is -0.312 e. The van der Waals surface area contributed by atoms with Gasteiger partial charge in [0, 0.05) is 20.3 Å². The fourth-order valence-electron chi connectivity index (χ4n) is 1.98. The molecule has 2 aromatic rings. The Morgan fingerprint density at radius 1 is 1.43 bits per heavy atom. The van der Waals surface area contributed by atoms with E-state index in [1.165, 1.54) is 27.1 Å². The Labute approximate surface area is 91.8 Å². The van der Waals surface area contributed by atoms with Crippen LogP contribution in [0.4, 0.5) is 0 Å². The largest absolute Gasteiger partial charge is 0.312 e. The number of rotatable bonds is 3. The summed E-state index contributed by atoms with van der Waals surface area (Å²) in [6.45, 7) is 0. The molecular weight excluding hydrogens is 210 g/mol. The monoisotopic (exact) mass is 223 g/mol. The van der Waals surface area contributed by atoms with Crippen molar-refractivity contribution in [2.45, 2.75) is 18.9 Å². The molecule has 1 nitrogen and oxygen atoms in total. The predicted molar refractivity (Wildman–Crippen MR) is 64.2 cm³/mol. The van der Waals surface area contributed by atoms with Gasteiger partial charge in [0.05, 0.1) is 0 Å². The molecule has 0 aromatic carbocycles. The van der Waals surface area contributed by atoms with E-state index in [9.17, 15) is 0 Å². The SMILES string of the molecule is CNC(c1cc2sccc2s1)C1CC1. The van der Waals surface area contributed by atoms with E-state index in [1.807, 2.05) is 22.7 Å². The molecule has 1 aliphatic carbocycles. The Kier molecular flexibility index (Phi) is 2.11. The lowest BCUT2D eigenvalue weighted by Crippen LogP contribution is -2.16. The molecule has 0 saturated heterocycles. The predicted octanol–water partition coefficient (Wildman–Crippen LogP) is 3.63. The van der Waals surface area contributed by atoms with Crippen molar-refractivity contribution in [1.29, 1.82) is 0 Å². The molecule has 2 aromatic heterocycles. The van der Waals surface area contributed by atoms with E-state index in [-0.39, 0.29) is 0 Å². The number of nitrogens with one attached hydrogen (secondary N) is 1. The minimum absolute atomic E-state index is 0.611. The van der Waals surface area contributed by atoms with Crippen LogP contribution in [-0.4, -0.2) is 7.05 Å². The molecule has 0 aliphatic heterocycles. The Morgan fingerprint density at radius 3 is 2.93 bits per heavy atom. The maximum Gasteiger partial charge on any atom is 0.0454 e. The van der Waals surface area contributed by atoms with Crippen LogP contribution in [0.5, 0.6) is 0 Å². The van der Waals surface area contributed by atoms with Gasteiger partial charge in [-0.25, -0.2) is 0 Å². The zero-order valence-corrected chi connectivity index (χ0v) is 9.75. The Hall–Kier alpha value is -0.380. The van der Waals surface area contributed by atoms with Crippen molar-refractivity contribution in [2.75, 3.05) is 7.05 Å². The molecule has 1 N–H and O–H groups in total. The molecule has 0 bridgehead atoms. The van der Waals surface area contributed by atoms with Gasteiger partial charge in [-0.1, -0.05) is 0 Å². The zero-order valence-electron chi connectivity index (χ0n) is 8.12. The van der Waals surface area contributed by atoms with Gasteiger partial charge in [0.25, 0.3) is 0 Å². The Balaban J connectivity index is 1.99. The second-order valence-electron chi connectivity index (χ2n) is 3.90. The standard InChI is InChI=1S/C11H13NS2/c1-12-11(7-2-3-7)10-6-9-8(14-10)4-5-13-9/h4-7,11-12H,2-3H2,1H3. The van der Waals surface area contributed by atoms with Crippen molar-refractivity contribution >= 4 is 32.1 Å². The lowest BCUT2D eigenvalue weighted by atomic mass is 10.1. The van der Waals surface area contributed by atoms with Crippen molar-refractivity contribution in [3.63, 3.8) is 0 Å². The van der Waals surface area contributed by atoms with Crippen LogP contribution in [0.15, 0.2) is 17.5 Å². The summed E-state index contributed by atoms with van der Waals surface area (Å²) in [4.78, 5) is 1.52. The molecule has 1 atom stereocenters. The first-order valence-electron chi connectivity index (χ1n) is 5.02. The number of hydrogen-bond acceptors (Lipinski definition) is 3. The van der Waals surface area contributed by atoms with Crippen LogP contribution in [-0.2, 0) is 0 Å². The van der Waals surface area contributed by atoms with E-state index in [0.717, 1.165) is 5.92 Å². The molecule has 1 unspecified atom stereocenters. The molecule has 14 heavy (non-hydrogen) atoms. The second-order valence-corrected chi connectivity index (χ2v) is 5.96. The topological polar surface area (TPSA) is 12.0 Å². The van der Waals surface area contributed by atoms with E-state index in [4.69, 9.17) is 0 Å². The molecule has 3 rings (SSSR count). The summed E-state index contributed by atoms with van der Waals surface area (Å²) in [5, 5.41) is 5.62. The van der Waals surface area contributed by atoms with Crippen LogP contribution < -0.4 is 5.32 Å². The van der Waals surface area contributed by atoms with Gasteiger partial charge in [0.1, 0.15) is 0 Å². The molecule has 74 valence electrons. The van der Waals surface area contributed by atoms with Gasteiger partial charge in [-0.05, 0) is 43.3 Å². The van der Waals surface area contributed by atoms with Gasteiger partial charge in [0.2, 0.25) is 0 Å². The minimum atomic E-state index is 0.611. The second kappa shape index (κ2) is 3.33. The van der Waals surface area contributed by atoms with Crippen LogP contribution in [0.3, 0.4) is 0 Å². The van der Waals surface area contributed by atoms with E-state index in [1.54, 1.807) is 0 Å². The quantitative estimate of drug-likeness (QED) is 0.838. The third kappa shape index (κ3) is 1.40. The van der Waals surface area contributed by atoms with E-state index in [2.05, 4.69) is 29.9 Å². The normalized spacial score (nSPS) is 18.9. The average Bonchev–Trinajstić information content (AvgIpc) is 2.75. The van der Waals surface area contributed by atoms with E-state index < -0.39 is 0 Å². The smallest absolute Gasteiger partial charge is 0.0454 e. The highest BCUT2D eigenvalue weighted by Crippen LogP contribution is 2.44. The summed E-state index contributed by atoms with van der Waals surface area (Å²) in [7, 11) is 2.08. The maximum absolute atomic E-state index is 3.45. The van der Waals surface area contributed by atoms with Gasteiger partial charge >= 0.3 is 0 Å². The third-order valence-electron chi connectivity index (χ3n) is 2.87. The molecule has 2 heterocycles. The van der Waals surface area contributed by atoms with Crippen molar-refractivity contribution in [2.24, 2.45) is 5.92 Å². The Bertz CT molecular complexity index is 410. The zero-order chi connectivity index (χ0) is 9.54. The summed E-state index contributed by atoms with van der Waals surface area (Å²) >= 11 is 3.80. The fraction of sp³-hybridized carbons (Fsp3) is 0.455. The molecule has 0 amide bonds. The first-order valence-corrected chi connectivity index (χ1v) is 6.72. The van der Waals surface area contributed by atoms with Crippen molar-refractivity contribution in [1.82, 2.24) is 5.32 Å². The molecule has 0 radical (unpaired) electrons. The van der Waals surface area contributed by atoms with Gasteiger partial charge in [-0.2, -0.15) is 0 Å². The molecule has 3 heteroatoms.